The fourth-order valence-corrected chi connectivity index (χ4v) is 2.13. The number of rotatable bonds is 4. The lowest BCUT2D eigenvalue weighted by atomic mass is 10.1. The Morgan fingerprint density at radius 2 is 1.75 bits per heavy atom. The molecule has 0 saturated carbocycles. The van der Waals surface area contributed by atoms with E-state index < -0.39 is 11.9 Å². The SMILES string of the molecule is O=C(O)c1ccc(C=NNC(=O)c2ccc3ccccc3n2)cc1. The Labute approximate surface area is 137 Å². The highest BCUT2D eigenvalue weighted by Gasteiger charge is 2.06. The van der Waals surface area contributed by atoms with Crippen LogP contribution < -0.4 is 5.43 Å². The number of fused-ring (bicyclic) bond motifs is 1. The minimum absolute atomic E-state index is 0.191. The van der Waals surface area contributed by atoms with Crippen LogP contribution in [0.2, 0.25) is 0 Å². The standard InChI is InChI=1S/C18H13N3O3/c22-17(16-10-9-13-3-1-2-4-15(13)20-16)21-19-11-12-5-7-14(8-6-12)18(23)24/h1-11H,(H,21,22)(H,23,24). The van der Waals surface area contributed by atoms with Gasteiger partial charge in [-0.25, -0.2) is 15.2 Å². The number of hydrazone groups is 1. The third kappa shape index (κ3) is 3.44. The number of carbonyl (C=O) groups is 2. The number of nitrogens with one attached hydrogen (secondary N) is 1. The molecule has 2 N–H and O–H groups in total. The molecular formula is C18H13N3O3. The summed E-state index contributed by atoms with van der Waals surface area (Å²) < 4.78 is 0. The van der Waals surface area contributed by atoms with E-state index in [1.807, 2.05) is 30.3 Å². The molecule has 24 heavy (non-hydrogen) atoms. The van der Waals surface area contributed by atoms with Gasteiger partial charge in [-0.15, -0.1) is 0 Å². The number of carboxylic acids is 1. The first-order chi connectivity index (χ1) is 11.6. The molecule has 0 atom stereocenters. The van der Waals surface area contributed by atoms with E-state index in [1.54, 1.807) is 18.2 Å². The molecule has 0 aliphatic carbocycles. The molecule has 0 saturated heterocycles. The topological polar surface area (TPSA) is 91.6 Å². The molecule has 0 spiro atoms. The molecule has 118 valence electrons. The van der Waals surface area contributed by atoms with E-state index in [4.69, 9.17) is 5.11 Å². The van der Waals surface area contributed by atoms with Crippen molar-refractivity contribution in [1.29, 1.82) is 0 Å². The van der Waals surface area contributed by atoms with E-state index in [0.717, 1.165) is 10.9 Å². The van der Waals surface area contributed by atoms with Crippen LogP contribution in [0.3, 0.4) is 0 Å². The number of para-hydroxylation sites is 1. The Morgan fingerprint density at radius 1 is 1.00 bits per heavy atom. The van der Waals surface area contributed by atoms with Gasteiger partial charge in [0.15, 0.2) is 0 Å². The van der Waals surface area contributed by atoms with Crippen LogP contribution in [-0.4, -0.2) is 28.2 Å². The predicted molar refractivity (Wildman–Crippen MR) is 90.2 cm³/mol. The largest absolute Gasteiger partial charge is 0.478 e. The number of hydrogen-bond acceptors (Lipinski definition) is 4. The summed E-state index contributed by atoms with van der Waals surface area (Å²) in [6.45, 7) is 0. The maximum absolute atomic E-state index is 12.1. The highest BCUT2D eigenvalue weighted by atomic mass is 16.4. The lowest BCUT2D eigenvalue weighted by Crippen LogP contribution is -2.18. The first-order valence-electron chi connectivity index (χ1n) is 7.16. The summed E-state index contributed by atoms with van der Waals surface area (Å²) in [6, 6.07) is 17.1. The van der Waals surface area contributed by atoms with E-state index in [-0.39, 0.29) is 11.3 Å². The molecule has 0 fully saturated rings. The monoisotopic (exact) mass is 319 g/mol. The summed E-state index contributed by atoms with van der Waals surface area (Å²) in [5.74, 6) is -1.41. The highest BCUT2D eigenvalue weighted by Crippen LogP contribution is 2.11. The summed E-state index contributed by atoms with van der Waals surface area (Å²) in [5, 5.41) is 13.6. The number of pyridine rings is 1. The number of aromatic nitrogens is 1. The van der Waals surface area contributed by atoms with E-state index in [0.29, 0.717) is 5.56 Å². The van der Waals surface area contributed by atoms with Gasteiger partial charge in [-0.2, -0.15) is 5.10 Å². The molecule has 3 rings (SSSR count). The van der Waals surface area contributed by atoms with Gasteiger partial charge in [0, 0.05) is 5.39 Å². The van der Waals surface area contributed by atoms with Gasteiger partial charge >= 0.3 is 5.97 Å². The van der Waals surface area contributed by atoms with Crippen LogP contribution in [0, 0.1) is 0 Å². The number of benzene rings is 2. The van der Waals surface area contributed by atoms with Crippen molar-refractivity contribution in [3.8, 4) is 0 Å². The van der Waals surface area contributed by atoms with Crippen molar-refractivity contribution in [3.05, 3.63) is 77.5 Å². The minimum atomic E-state index is -0.992. The summed E-state index contributed by atoms with van der Waals surface area (Å²) in [5.41, 5.74) is 4.27. The summed E-state index contributed by atoms with van der Waals surface area (Å²) in [6.07, 6.45) is 1.44. The third-order valence-electron chi connectivity index (χ3n) is 3.37. The zero-order valence-corrected chi connectivity index (χ0v) is 12.5. The second kappa shape index (κ2) is 6.70. The molecule has 6 nitrogen and oxygen atoms in total. The summed E-state index contributed by atoms with van der Waals surface area (Å²) in [7, 11) is 0. The maximum Gasteiger partial charge on any atom is 0.335 e. The average Bonchev–Trinajstić information content (AvgIpc) is 2.61. The van der Waals surface area contributed by atoms with E-state index in [9.17, 15) is 9.59 Å². The van der Waals surface area contributed by atoms with E-state index in [2.05, 4.69) is 15.5 Å². The predicted octanol–water partition coefficient (Wildman–Crippen LogP) is 2.70. The van der Waals surface area contributed by atoms with Crippen molar-refractivity contribution in [2.75, 3.05) is 0 Å². The first-order valence-corrected chi connectivity index (χ1v) is 7.16. The van der Waals surface area contributed by atoms with Crippen molar-refractivity contribution in [2.24, 2.45) is 5.10 Å². The van der Waals surface area contributed by atoms with Crippen LogP contribution in [0.4, 0.5) is 0 Å². The van der Waals surface area contributed by atoms with Gasteiger partial charge in [0.25, 0.3) is 5.91 Å². The molecule has 1 aromatic heterocycles. The number of amides is 1. The van der Waals surface area contributed by atoms with E-state index >= 15 is 0 Å². The van der Waals surface area contributed by atoms with Crippen LogP contribution in [0.5, 0.6) is 0 Å². The zero-order valence-electron chi connectivity index (χ0n) is 12.5. The second-order valence-electron chi connectivity index (χ2n) is 5.02. The molecule has 3 aromatic rings. The van der Waals surface area contributed by atoms with Gasteiger partial charge in [-0.1, -0.05) is 36.4 Å². The van der Waals surface area contributed by atoms with Crippen molar-refractivity contribution < 1.29 is 14.7 Å². The number of aromatic carboxylic acids is 1. The summed E-state index contributed by atoms with van der Waals surface area (Å²) >= 11 is 0. The molecule has 1 heterocycles. The van der Waals surface area contributed by atoms with Gasteiger partial charge in [0.1, 0.15) is 5.69 Å². The van der Waals surface area contributed by atoms with Gasteiger partial charge in [-0.3, -0.25) is 4.79 Å². The Kier molecular flexibility index (Phi) is 4.29. The Hall–Kier alpha value is -3.54. The Bertz CT molecular complexity index is 934. The Morgan fingerprint density at radius 3 is 2.50 bits per heavy atom. The fraction of sp³-hybridized carbons (Fsp3) is 0. The number of nitrogens with zero attached hydrogens (tertiary/aromatic N) is 2. The highest BCUT2D eigenvalue weighted by molar-refractivity contribution is 5.95. The molecule has 0 bridgehead atoms. The van der Waals surface area contributed by atoms with Crippen molar-refractivity contribution >= 4 is 29.0 Å². The zero-order chi connectivity index (χ0) is 16.9. The minimum Gasteiger partial charge on any atom is -0.478 e. The number of hydrogen-bond donors (Lipinski definition) is 2. The molecule has 0 radical (unpaired) electrons. The van der Waals surface area contributed by atoms with Crippen LogP contribution in [-0.2, 0) is 0 Å². The van der Waals surface area contributed by atoms with Gasteiger partial charge in [-0.05, 0) is 29.8 Å². The Balaban J connectivity index is 1.68. The van der Waals surface area contributed by atoms with Crippen LogP contribution >= 0.6 is 0 Å². The maximum atomic E-state index is 12.1. The van der Waals surface area contributed by atoms with Gasteiger partial charge in [0.05, 0.1) is 17.3 Å². The lowest BCUT2D eigenvalue weighted by Gasteiger charge is -2.01. The molecule has 0 unspecified atom stereocenters. The molecule has 1 amide bonds. The van der Waals surface area contributed by atoms with Gasteiger partial charge in [0.2, 0.25) is 0 Å². The first kappa shape index (κ1) is 15.4. The van der Waals surface area contributed by atoms with Crippen LogP contribution in [0.25, 0.3) is 10.9 Å². The summed E-state index contributed by atoms with van der Waals surface area (Å²) in [4.78, 5) is 27.1. The average molecular weight is 319 g/mol. The normalized spacial score (nSPS) is 10.8. The van der Waals surface area contributed by atoms with E-state index in [1.165, 1.54) is 18.3 Å². The van der Waals surface area contributed by atoms with Crippen molar-refractivity contribution in [1.82, 2.24) is 10.4 Å². The lowest BCUT2D eigenvalue weighted by molar-refractivity contribution is 0.0696. The van der Waals surface area contributed by atoms with Gasteiger partial charge < -0.3 is 5.11 Å². The molecule has 2 aromatic carbocycles. The smallest absolute Gasteiger partial charge is 0.335 e. The number of carboxylic acid groups (broad SMARTS) is 1. The van der Waals surface area contributed by atoms with Crippen molar-refractivity contribution in [2.45, 2.75) is 0 Å². The molecule has 0 aliphatic rings. The molecular weight excluding hydrogens is 306 g/mol. The fourth-order valence-electron chi connectivity index (χ4n) is 2.13. The van der Waals surface area contributed by atoms with Crippen LogP contribution in [0.1, 0.15) is 26.4 Å². The quantitative estimate of drug-likeness (QED) is 0.571. The second-order valence-corrected chi connectivity index (χ2v) is 5.02. The van der Waals surface area contributed by atoms with Crippen molar-refractivity contribution in [3.63, 3.8) is 0 Å². The van der Waals surface area contributed by atoms with Crippen LogP contribution in [0.15, 0.2) is 65.8 Å². The number of carbonyl (C=O) groups excluding carboxylic acids is 1. The molecule has 0 aliphatic heterocycles. The third-order valence-corrected chi connectivity index (χ3v) is 3.37. The molecule has 6 heteroatoms.